The zero-order valence-corrected chi connectivity index (χ0v) is 12.2. The van der Waals surface area contributed by atoms with E-state index < -0.39 is 0 Å². The Morgan fingerprint density at radius 1 is 1.14 bits per heavy atom. The minimum atomic E-state index is -0.0252. The molecule has 1 heterocycles. The monoisotopic (exact) mass is 292 g/mol. The highest BCUT2D eigenvalue weighted by molar-refractivity contribution is 5.92. The van der Waals surface area contributed by atoms with Crippen LogP contribution >= 0.6 is 0 Å². The van der Waals surface area contributed by atoms with Crippen molar-refractivity contribution in [3.05, 3.63) is 72.3 Å². The van der Waals surface area contributed by atoms with Crippen LogP contribution in [0, 0.1) is 6.92 Å². The summed E-state index contributed by atoms with van der Waals surface area (Å²) < 4.78 is 1.67. The van der Waals surface area contributed by atoms with E-state index in [0.717, 1.165) is 22.5 Å². The Morgan fingerprint density at radius 3 is 2.59 bits per heavy atom. The molecule has 0 unspecified atom stereocenters. The quantitative estimate of drug-likeness (QED) is 0.804. The topological polar surface area (TPSA) is 59.8 Å². The standard InChI is InChI=1S/C17H16N4O/c1-13-4-2-3-5-14(13)10-17(22)20-15-6-8-16(9-7-15)21-12-18-11-19-21/h2-9,11-12H,10H2,1H3,(H,20,22). The van der Waals surface area contributed by atoms with Gasteiger partial charge in [-0.25, -0.2) is 9.67 Å². The third-order valence-corrected chi connectivity index (χ3v) is 3.45. The van der Waals surface area contributed by atoms with Crippen molar-refractivity contribution < 1.29 is 4.79 Å². The number of nitrogens with zero attached hydrogens (tertiary/aromatic N) is 3. The van der Waals surface area contributed by atoms with Crippen molar-refractivity contribution >= 4 is 11.6 Å². The summed E-state index contributed by atoms with van der Waals surface area (Å²) in [5, 5.41) is 6.97. The van der Waals surface area contributed by atoms with E-state index in [9.17, 15) is 4.79 Å². The van der Waals surface area contributed by atoms with Crippen molar-refractivity contribution in [2.75, 3.05) is 5.32 Å². The number of anilines is 1. The normalized spacial score (nSPS) is 10.4. The molecule has 0 spiro atoms. The van der Waals surface area contributed by atoms with Crippen molar-refractivity contribution in [2.45, 2.75) is 13.3 Å². The lowest BCUT2D eigenvalue weighted by Crippen LogP contribution is -2.15. The fourth-order valence-corrected chi connectivity index (χ4v) is 2.23. The van der Waals surface area contributed by atoms with Gasteiger partial charge in [-0.2, -0.15) is 5.10 Å². The Balaban J connectivity index is 1.66. The first-order valence-electron chi connectivity index (χ1n) is 7.02. The smallest absolute Gasteiger partial charge is 0.228 e. The molecule has 5 nitrogen and oxygen atoms in total. The highest BCUT2D eigenvalue weighted by atomic mass is 16.1. The molecular weight excluding hydrogens is 276 g/mol. The van der Waals surface area contributed by atoms with Crippen LogP contribution in [-0.4, -0.2) is 20.7 Å². The van der Waals surface area contributed by atoms with Gasteiger partial charge in [0.15, 0.2) is 0 Å². The molecule has 1 aromatic heterocycles. The zero-order valence-electron chi connectivity index (χ0n) is 12.2. The maximum absolute atomic E-state index is 12.1. The van der Waals surface area contributed by atoms with E-state index in [1.165, 1.54) is 6.33 Å². The predicted molar refractivity (Wildman–Crippen MR) is 84.9 cm³/mol. The highest BCUT2D eigenvalue weighted by Crippen LogP contribution is 2.13. The summed E-state index contributed by atoms with van der Waals surface area (Å²) in [6.45, 7) is 2.01. The van der Waals surface area contributed by atoms with Gasteiger partial charge in [0.05, 0.1) is 12.1 Å². The molecule has 0 bridgehead atoms. The number of carbonyl (C=O) groups excluding carboxylic acids is 1. The van der Waals surface area contributed by atoms with Crippen molar-refractivity contribution in [2.24, 2.45) is 0 Å². The van der Waals surface area contributed by atoms with E-state index in [0.29, 0.717) is 6.42 Å². The molecule has 0 saturated carbocycles. The minimum Gasteiger partial charge on any atom is -0.326 e. The zero-order chi connectivity index (χ0) is 15.4. The summed E-state index contributed by atoms with van der Waals surface area (Å²) in [4.78, 5) is 16.0. The molecule has 0 saturated heterocycles. The van der Waals surface area contributed by atoms with Crippen LogP contribution in [0.15, 0.2) is 61.2 Å². The molecule has 0 fully saturated rings. The second kappa shape index (κ2) is 6.22. The Bertz CT molecular complexity index is 764. The summed E-state index contributed by atoms with van der Waals surface area (Å²) in [7, 11) is 0. The van der Waals surface area contributed by atoms with E-state index in [4.69, 9.17) is 0 Å². The summed E-state index contributed by atoms with van der Waals surface area (Å²) in [6, 6.07) is 15.4. The molecular formula is C17H16N4O. The first kappa shape index (κ1) is 14.0. The van der Waals surface area contributed by atoms with Crippen LogP contribution in [0.1, 0.15) is 11.1 Å². The molecule has 110 valence electrons. The average Bonchev–Trinajstić information content (AvgIpc) is 3.05. The molecule has 1 N–H and O–H groups in total. The van der Waals surface area contributed by atoms with E-state index in [-0.39, 0.29) is 5.91 Å². The first-order chi connectivity index (χ1) is 10.7. The van der Waals surface area contributed by atoms with Gasteiger partial charge in [-0.3, -0.25) is 4.79 Å². The second-order valence-corrected chi connectivity index (χ2v) is 5.04. The molecule has 0 aliphatic rings. The Kier molecular flexibility index (Phi) is 3.96. The SMILES string of the molecule is Cc1ccccc1CC(=O)Nc1ccc(-n2cncn2)cc1. The van der Waals surface area contributed by atoms with Crippen molar-refractivity contribution in [3.8, 4) is 5.69 Å². The highest BCUT2D eigenvalue weighted by Gasteiger charge is 2.06. The van der Waals surface area contributed by atoms with Gasteiger partial charge in [-0.15, -0.1) is 0 Å². The maximum Gasteiger partial charge on any atom is 0.228 e. The number of aryl methyl sites for hydroxylation is 1. The molecule has 0 atom stereocenters. The van der Waals surface area contributed by atoms with Gasteiger partial charge in [0.2, 0.25) is 5.91 Å². The third kappa shape index (κ3) is 3.20. The number of aromatic nitrogens is 3. The summed E-state index contributed by atoms with van der Waals surface area (Å²) in [5.41, 5.74) is 3.83. The van der Waals surface area contributed by atoms with Crippen LogP contribution in [0.2, 0.25) is 0 Å². The molecule has 1 amide bonds. The Hall–Kier alpha value is -2.95. The van der Waals surface area contributed by atoms with E-state index in [1.54, 1.807) is 11.0 Å². The largest absolute Gasteiger partial charge is 0.326 e. The second-order valence-electron chi connectivity index (χ2n) is 5.04. The fourth-order valence-electron chi connectivity index (χ4n) is 2.23. The van der Waals surface area contributed by atoms with Gasteiger partial charge in [0.1, 0.15) is 12.7 Å². The van der Waals surface area contributed by atoms with Crippen molar-refractivity contribution in [1.82, 2.24) is 14.8 Å². The number of carbonyl (C=O) groups is 1. The first-order valence-corrected chi connectivity index (χ1v) is 7.02. The average molecular weight is 292 g/mol. The molecule has 5 heteroatoms. The number of benzene rings is 2. The molecule has 3 rings (SSSR count). The molecule has 22 heavy (non-hydrogen) atoms. The lowest BCUT2D eigenvalue weighted by atomic mass is 10.1. The lowest BCUT2D eigenvalue weighted by Gasteiger charge is -2.08. The number of rotatable bonds is 4. The van der Waals surface area contributed by atoms with Crippen LogP contribution in [0.25, 0.3) is 5.69 Å². The number of amides is 1. The summed E-state index contributed by atoms with van der Waals surface area (Å²) >= 11 is 0. The van der Waals surface area contributed by atoms with Crippen LogP contribution in [-0.2, 0) is 11.2 Å². The number of hydrogen-bond donors (Lipinski definition) is 1. The summed E-state index contributed by atoms with van der Waals surface area (Å²) in [6.07, 6.45) is 3.49. The van der Waals surface area contributed by atoms with Crippen LogP contribution in [0.3, 0.4) is 0 Å². The third-order valence-electron chi connectivity index (χ3n) is 3.45. The molecule has 0 aliphatic carbocycles. The Morgan fingerprint density at radius 2 is 1.91 bits per heavy atom. The van der Waals surface area contributed by atoms with Gasteiger partial charge in [0.25, 0.3) is 0 Å². The van der Waals surface area contributed by atoms with Crippen molar-refractivity contribution in [3.63, 3.8) is 0 Å². The van der Waals surface area contributed by atoms with Crippen LogP contribution in [0.5, 0.6) is 0 Å². The lowest BCUT2D eigenvalue weighted by molar-refractivity contribution is -0.115. The molecule has 0 aliphatic heterocycles. The van der Waals surface area contributed by atoms with E-state index in [2.05, 4.69) is 15.4 Å². The maximum atomic E-state index is 12.1. The minimum absolute atomic E-state index is 0.0252. The van der Waals surface area contributed by atoms with Gasteiger partial charge in [-0.05, 0) is 42.3 Å². The molecule has 2 aromatic carbocycles. The van der Waals surface area contributed by atoms with Gasteiger partial charge in [-0.1, -0.05) is 24.3 Å². The number of nitrogens with one attached hydrogen (secondary N) is 1. The molecule has 3 aromatic rings. The van der Waals surface area contributed by atoms with Gasteiger partial charge >= 0.3 is 0 Å². The molecule has 0 radical (unpaired) electrons. The fraction of sp³-hybridized carbons (Fsp3) is 0.118. The van der Waals surface area contributed by atoms with Crippen LogP contribution in [0.4, 0.5) is 5.69 Å². The van der Waals surface area contributed by atoms with Crippen LogP contribution < -0.4 is 5.32 Å². The van der Waals surface area contributed by atoms with Crippen molar-refractivity contribution in [1.29, 1.82) is 0 Å². The number of hydrogen-bond acceptors (Lipinski definition) is 3. The Labute approximate surface area is 128 Å². The predicted octanol–water partition coefficient (Wildman–Crippen LogP) is 2.76. The van der Waals surface area contributed by atoms with Gasteiger partial charge < -0.3 is 5.32 Å². The van der Waals surface area contributed by atoms with Gasteiger partial charge in [0, 0.05) is 5.69 Å². The van der Waals surface area contributed by atoms with E-state index in [1.807, 2.05) is 55.5 Å². The summed E-state index contributed by atoms with van der Waals surface area (Å²) in [5.74, 6) is -0.0252. The van der Waals surface area contributed by atoms with E-state index >= 15 is 0 Å².